The summed E-state index contributed by atoms with van der Waals surface area (Å²) in [6, 6.07) is 16.6. The van der Waals surface area contributed by atoms with E-state index in [0.717, 1.165) is 16.0 Å². The van der Waals surface area contributed by atoms with Gasteiger partial charge in [-0.05, 0) is 110 Å². The number of hydrogen-bond acceptors (Lipinski definition) is 10. The molecule has 5 atom stereocenters. The topological polar surface area (TPSA) is 249 Å². The summed E-state index contributed by atoms with van der Waals surface area (Å²) in [4.78, 5) is 91.0. The molecule has 4 aromatic carbocycles. The second-order valence-electron chi connectivity index (χ2n) is 15.4. The van der Waals surface area contributed by atoms with Gasteiger partial charge in [-0.2, -0.15) is 0 Å². The molecule has 1 aliphatic rings. The Kier molecular flexibility index (Phi) is 14.6. The Labute approximate surface area is 368 Å². The summed E-state index contributed by atoms with van der Waals surface area (Å²) in [5.41, 5.74) is 8.72. The standard InChI is InChI=1S/C46H49ClN8O8/c1-25(40(58)41-49-20-21-50-41)51-44(61)36-23-27-7-17-37(56)33(22-27)34-24-31(14-18-38(34)57)39(45(62)52-26(2)42(59)54-36)55(3)46(63)35(6-4-5-19-48)53-43(60)30-10-8-28(9-11-30)29-12-15-32(47)16-13-29/h7-18,20-22,24-26,35-36,39,56-57H,4-6,19,23,48H2,1-3H3,(H,49,50)(H,51,61)(H,52,62)(H,53,60)(H,54,59)/t25-,26-,35-,36-,39-/m0/s1. The third kappa shape index (κ3) is 10.9. The molecule has 1 aliphatic heterocycles. The fourth-order valence-electron chi connectivity index (χ4n) is 7.32. The molecule has 0 fully saturated rings. The van der Waals surface area contributed by atoms with Crippen LogP contribution in [0.3, 0.4) is 0 Å². The van der Waals surface area contributed by atoms with E-state index in [2.05, 4.69) is 31.2 Å². The number of unbranched alkanes of at least 4 members (excludes halogenated alkanes) is 1. The van der Waals surface area contributed by atoms with Crippen molar-refractivity contribution in [3.63, 3.8) is 0 Å². The van der Waals surface area contributed by atoms with Crippen molar-refractivity contribution in [2.75, 3.05) is 13.6 Å². The van der Waals surface area contributed by atoms with Gasteiger partial charge in [0.1, 0.15) is 35.7 Å². The molecule has 9 N–H and O–H groups in total. The summed E-state index contributed by atoms with van der Waals surface area (Å²) in [7, 11) is 1.39. The van der Waals surface area contributed by atoms with Gasteiger partial charge >= 0.3 is 0 Å². The van der Waals surface area contributed by atoms with Gasteiger partial charge in [-0.25, -0.2) is 4.98 Å². The van der Waals surface area contributed by atoms with Crippen LogP contribution in [-0.4, -0.2) is 98.2 Å². The van der Waals surface area contributed by atoms with Crippen LogP contribution >= 0.6 is 11.6 Å². The number of rotatable bonds is 13. The van der Waals surface area contributed by atoms with Crippen LogP contribution in [0.1, 0.15) is 71.3 Å². The SMILES string of the molecule is C[C@@H]1NC(=O)[C@@H](N(C)C(=O)[C@H](CCCCN)NC(=O)c2ccc(-c3ccc(Cl)cc3)cc2)c2ccc(O)c(c2)-c2cc(ccc2O)C[C@@H](C(=O)N[C@@H](C)C(=O)c2ncc[nH]2)NC1=O. The Morgan fingerprint density at radius 3 is 2.17 bits per heavy atom. The summed E-state index contributed by atoms with van der Waals surface area (Å²) in [5.74, 6) is -4.42. The Hall–Kier alpha value is -7.04. The van der Waals surface area contributed by atoms with Gasteiger partial charge < -0.3 is 47.1 Å². The summed E-state index contributed by atoms with van der Waals surface area (Å²) in [5, 5.41) is 33.6. The number of imidazole rings is 1. The summed E-state index contributed by atoms with van der Waals surface area (Å²) in [6.45, 7) is 3.22. The molecule has 0 spiro atoms. The number of Topliss-reactive ketones (excluding diaryl/α,β-unsaturated/α-hetero) is 1. The van der Waals surface area contributed by atoms with Gasteiger partial charge in [0, 0.05) is 47.6 Å². The lowest BCUT2D eigenvalue weighted by Gasteiger charge is -2.32. The van der Waals surface area contributed by atoms with E-state index < -0.39 is 65.5 Å². The molecule has 17 heteroatoms. The Balaban J connectivity index is 1.31. The third-order valence-corrected chi connectivity index (χ3v) is 11.1. The Morgan fingerprint density at radius 2 is 1.52 bits per heavy atom. The van der Waals surface area contributed by atoms with Crippen LogP contribution in [-0.2, 0) is 25.6 Å². The number of halogens is 1. The molecule has 328 valence electrons. The van der Waals surface area contributed by atoms with Gasteiger partial charge in [0.25, 0.3) is 5.91 Å². The fourth-order valence-corrected chi connectivity index (χ4v) is 7.45. The predicted octanol–water partition coefficient (Wildman–Crippen LogP) is 4.17. The number of amides is 5. The molecule has 0 saturated heterocycles. The zero-order chi connectivity index (χ0) is 45.4. The second-order valence-corrected chi connectivity index (χ2v) is 15.8. The molecule has 2 heterocycles. The summed E-state index contributed by atoms with van der Waals surface area (Å²) < 4.78 is 0. The van der Waals surface area contributed by atoms with Crippen LogP contribution in [0.5, 0.6) is 11.5 Å². The van der Waals surface area contributed by atoms with E-state index in [4.69, 9.17) is 17.3 Å². The minimum Gasteiger partial charge on any atom is -0.507 e. The van der Waals surface area contributed by atoms with Gasteiger partial charge in [0.2, 0.25) is 29.4 Å². The monoisotopic (exact) mass is 876 g/mol. The number of fused-ring (bicyclic) bond motifs is 5. The number of aromatic nitrogens is 2. The maximum absolute atomic E-state index is 14.6. The van der Waals surface area contributed by atoms with Gasteiger partial charge in [0.15, 0.2) is 5.82 Å². The van der Waals surface area contributed by atoms with Crippen molar-refractivity contribution in [3.8, 4) is 33.8 Å². The molecule has 0 saturated carbocycles. The minimum absolute atomic E-state index is 0.0298. The zero-order valence-electron chi connectivity index (χ0n) is 34.9. The fraction of sp³-hybridized carbons (Fsp3) is 0.283. The second kappa shape index (κ2) is 20.2. The number of aromatic hydroxyl groups is 2. The van der Waals surface area contributed by atoms with Crippen molar-refractivity contribution in [1.29, 1.82) is 0 Å². The number of nitrogens with two attached hydrogens (primary N) is 1. The number of ketones is 1. The van der Waals surface area contributed by atoms with Crippen molar-refractivity contribution < 1.29 is 39.0 Å². The van der Waals surface area contributed by atoms with Crippen molar-refractivity contribution in [2.45, 2.75) is 69.7 Å². The molecule has 0 radical (unpaired) electrons. The molecular formula is C46H49ClN8O8. The van der Waals surface area contributed by atoms with E-state index in [1.54, 1.807) is 42.5 Å². The number of nitrogens with zero attached hydrogens (tertiary/aromatic N) is 2. The maximum Gasteiger partial charge on any atom is 0.251 e. The van der Waals surface area contributed by atoms with Crippen LogP contribution in [0.4, 0.5) is 0 Å². The molecule has 1 aromatic heterocycles. The van der Waals surface area contributed by atoms with Crippen LogP contribution < -0.4 is 27.0 Å². The lowest BCUT2D eigenvalue weighted by atomic mass is 9.93. The molecule has 0 aliphatic carbocycles. The Bertz CT molecular complexity index is 2480. The number of hydrogen-bond donors (Lipinski definition) is 8. The van der Waals surface area contributed by atoms with Gasteiger partial charge in [-0.1, -0.05) is 48.0 Å². The first kappa shape index (κ1) is 45.5. The highest BCUT2D eigenvalue weighted by atomic mass is 35.5. The van der Waals surface area contributed by atoms with Crippen molar-refractivity contribution in [2.24, 2.45) is 5.73 Å². The first-order valence-electron chi connectivity index (χ1n) is 20.4. The molecule has 16 nitrogen and oxygen atoms in total. The average molecular weight is 877 g/mol. The predicted molar refractivity (Wildman–Crippen MR) is 236 cm³/mol. The highest BCUT2D eigenvalue weighted by molar-refractivity contribution is 6.30. The molecular weight excluding hydrogens is 828 g/mol. The highest BCUT2D eigenvalue weighted by Crippen LogP contribution is 2.39. The lowest BCUT2D eigenvalue weighted by Crippen LogP contribution is -2.57. The zero-order valence-corrected chi connectivity index (χ0v) is 35.6. The molecule has 5 amide bonds. The van der Waals surface area contributed by atoms with Crippen LogP contribution in [0.15, 0.2) is 97.3 Å². The first-order valence-corrected chi connectivity index (χ1v) is 20.8. The van der Waals surface area contributed by atoms with Crippen LogP contribution in [0.2, 0.25) is 5.02 Å². The number of phenolic OH excluding ortho intramolecular Hbond substituents is 2. The number of likely N-dealkylation sites (N-methyl/N-ethyl adjacent to an activating group) is 1. The van der Waals surface area contributed by atoms with E-state index >= 15 is 0 Å². The lowest BCUT2D eigenvalue weighted by molar-refractivity contribution is -0.141. The minimum atomic E-state index is -1.44. The number of benzene rings is 4. The van der Waals surface area contributed by atoms with Crippen molar-refractivity contribution in [1.82, 2.24) is 36.1 Å². The van der Waals surface area contributed by atoms with E-state index in [9.17, 15) is 39.0 Å². The van der Waals surface area contributed by atoms with E-state index in [1.807, 2.05) is 12.1 Å². The quantitative estimate of drug-likeness (QED) is 0.0620. The van der Waals surface area contributed by atoms with Crippen LogP contribution in [0, 0.1) is 0 Å². The van der Waals surface area contributed by atoms with E-state index in [1.165, 1.54) is 63.6 Å². The smallest absolute Gasteiger partial charge is 0.251 e. The number of H-pyrrole nitrogens is 1. The number of carbonyl (C=O) groups excluding carboxylic acids is 6. The first-order chi connectivity index (χ1) is 30.1. The van der Waals surface area contributed by atoms with Crippen LogP contribution in [0.25, 0.3) is 22.3 Å². The maximum atomic E-state index is 14.6. The van der Waals surface area contributed by atoms with Gasteiger partial charge in [0.05, 0.1) is 6.04 Å². The van der Waals surface area contributed by atoms with E-state index in [-0.39, 0.29) is 46.9 Å². The normalized spacial score (nSPS) is 17.3. The van der Waals surface area contributed by atoms with Gasteiger partial charge in [-0.15, -0.1) is 0 Å². The van der Waals surface area contributed by atoms with E-state index in [0.29, 0.717) is 35.5 Å². The third-order valence-electron chi connectivity index (χ3n) is 10.9. The molecule has 5 aromatic rings. The summed E-state index contributed by atoms with van der Waals surface area (Å²) in [6.07, 6.45) is 3.95. The largest absolute Gasteiger partial charge is 0.507 e. The number of phenols is 2. The number of aromatic amines is 1. The molecule has 0 unspecified atom stereocenters. The molecule has 4 bridgehead atoms. The van der Waals surface area contributed by atoms with Crippen molar-refractivity contribution in [3.05, 3.63) is 125 Å². The number of carbonyl (C=O) groups is 6. The van der Waals surface area contributed by atoms with Gasteiger partial charge in [-0.3, -0.25) is 28.8 Å². The summed E-state index contributed by atoms with van der Waals surface area (Å²) >= 11 is 6.05. The Morgan fingerprint density at radius 1 is 0.873 bits per heavy atom. The molecule has 63 heavy (non-hydrogen) atoms. The molecule has 6 rings (SSSR count). The number of nitrogens with one attached hydrogen (secondary N) is 5. The average Bonchev–Trinajstić information content (AvgIpc) is 3.82. The highest BCUT2D eigenvalue weighted by Gasteiger charge is 2.36. The van der Waals surface area contributed by atoms with Crippen molar-refractivity contribution >= 4 is 46.9 Å².